The van der Waals surface area contributed by atoms with Crippen LogP contribution in [0, 0.1) is 0 Å². The van der Waals surface area contributed by atoms with Gasteiger partial charge in [-0.15, -0.1) is 0 Å². The number of ether oxygens (including phenoxy) is 5. The van der Waals surface area contributed by atoms with Gasteiger partial charge in [0, 0.05) is 12.2 Å². The Bertz CT molecular complexity index is 1430. The number of hydrogen-bond acceptors (Lipinski definition) is 13. The Labute approximate surface area is 234 Å². The standard InChI is InChI=1S/C24H26O15S2/c1-5-19(27)38-15-7-9-17(23(40(29,30)31)21(15)35-11-13(3)25)37-18-10-8-16(39-20(28)6-2)22(36-12-14(4)26)24(18)41(32,33)34/h5-10,13-14,25-26H,1-2,11-12H2,3-4H3,(H,29,30,31)(H,32,33,34). The molecule has 0 heterocycles. The molecule has 0 aliphatic rings. The molecular formula is C24H26O15S2. The maximum atomic E-state index is 12.4. The summed E-state index contributed by atoms with van der Waals surface area (Å²) in [7, 11) is -10.6. The summed E-state index contributed by atoms with van der Waals surface area (Å²) in [5.74, 6) is -6.47. The number of rotatable bonds is 14. The van der Waals surface area contributed by atoms with E-state index in [-0.39, 0.29) is 0 Å². The van der Waals surface area contributed by atoms with Crippen LogP contribution in [0.1, 0.15) is 13.8 Å². The Hall–Kier alpha value is -4.00. The van der Waals surface area contributed by atoms with Crippen LogP contribution in [0.4, 0.5) is 0 Å². The van der Waals surface area contributed by atoms with Gasteiger partial charge >= 0.3 is 32.2 Å². The van der Waals surface area contributed by atoms with Crippen molar-refractivity contribution in [3.8, 4) is 34.5 Å². The van der Waals surface area contributed by atoms with Crippen molar-refractivity contribution in [2.24, 2.45) is 0 Å². The molecule has 0 amide bonds. The van der Waals surface area contributed by atoms with Crippen molar-refractivity contribution in [1.82, 2.24) is 0 Å². The monoisotopic (exact) mass is 618 g/mol. The molecular weight excluding hydrogens is 592 g/mol. The molecule has 0 radical (unpaired) electrons. The molecule has 0 aliphatic carbocycles. The van der Waals surface area contributed by atoms with Crippen molar-refractivity contribution in [3.63, 3.8) is 0 Å². The Balaban J connectivity index is 2.88. The average molecular weight is 619 g/mol. The molecule has 0 aromatic heterocycles. The Morgan fingerprint density at radius 1 is 0.732 bits per heavy atom. The molecule has 2 rings (SSSR count). The van der Waals surface area contributed by atoms with Gasteiger partial charge in [0.05, 0.1) is 12.2 Å². The molecule has 15 nitrogen and oxygen atoms in total. The molecule has 17 heteroatoms. The third kappa shape index (κ3) is 9.00. The Kier molecular flexibility index (Phi) is 11.0. The minimum Gasteiger partial charge on any atom is -0.485 e. The lowest BCUT2D eigenvalue weighted by atomic mass is 10.2. The van der Waals surface area contributed by atoms with E-state index in [0.717, 1.165) is 36.4 Å². The van der Waals surface area contributed by atoms with Crippen molar-refractivity contribution < 1.29 is 69.4 Å². The van der Waals surface area contributed by atoms with Crippen LogP contribution in [0.15, 0.2) is 59.4 Å². The summed E-state index contributed by atoms with van der Waals surface area (Å²) in [5.41, 5.74) is 0. The van der Waals surface area contributed by atoms with E-state index in [1.165, 1.54) is 13.8 Å². The van der Waals surface area contributed by atoms with E-state index in [1.54, 1.807) is 0 Å². The Morgan fingerprint density at radius 3 is 1.32 bits per heavy atom. The van der Waals surface area contributed by atoms with Crippen molar-refractivity contribution in [2.45, 2.75) is 35.8 Å². The van der Waals surface area contributed by atoms with Gasteiger partial charge in [0.15, 0.2) is 44.3 Å². The first-order valence-electron chi connectivity index (χ1n) is 11.3. The predicted octanol–water partition coefficient (Wildman–Crippen LogP) is 1.67. The third-order valence-electron chi connectivity index (χ3n) is 4.51. The minimum atomic E-state index is -5.31. The molecule has 2 unspecified atom stereocenters. The molecule has 0 saturated heterocycles. The van der Waals surface area contributed by atoms with Crippen LogP contribution in [0.25, 0.3) is 0 Å². The van der Waals surface area contributed by atoms with Crippen LogP contribution in [0.3, 0.4) is 0 Å². The highest BCUT2D eigenvalue weighted by Crippen LogP contribution is 2.47. The van der Waals surface area contributed by atoms with E-state index in [0.29, 0.717) is 0 Å². The second kappa shape index (κ2) is 13.6. The highest BCUT2D eigenvalue weighted by molar-refractivity contribution is 7.86. The van der Waals surface area contributed by atoms with Gasteiger partial charge in [-0.05, 0) is 38.1 Å². The molecule has 0 aliphatic heterocycles. The zero-order chi connectivity index (χ0) is 31.1. The molecule has 224 valence electrons. The van der Waals surface area contributed by atoms with Crippen molar-refractivity contribution in [3.05, 3.63) is 49.6 Å². The molecule has 0 bridgehead atoms. The van der Waals surface area contributed by atoms with Crippen molar-refractivity contribution in [2.75, 3.05) is 13.2 Å². The summed E-state index contributed by atoms with van der Waals surface area (Å²) in [4.78, 5) is 21.2. The largest absolute Gasteiger partial charge is 0.485 e. The molecule has 0 fully saturated rings. The van der Waals surface area contributed by atoms with Crippen molar-refractivity contribution in [1.29, 1.82) is 0 Å². The molecule has 4 N–H and O–H groups in total. The first-order valence-corrected chi connectivity index (χ1v) is 14.1. The van der Waals surface area contributed by atoms with E-state index in [1.807, 2.05) is 0 Å². The fraction of sp³-hybridized carbons (Fsp3) is 0.250. The molecule has 0 saturated carbocycles. The van der Waals surface area contributed by atoms with E-state index >= 15 is 0 Å². The van der Waals surface area contributed by atoms with E-state index in [2.05, 4.69) is 13.2 Å². The zero-order valence-electron chi connectivity index (χ0n) is 21.5. The summed E-state index contributed by atoms with van der Waals surface area (Å²) >= 11 is 0. The highest BCUT2D eigenvalue weighted by atomic mass is 32.2. The predicted molar refractivity (Wildman–Crippen MR) is 139 cm³/mol. The number of hydrogen-bond donors (Lipinski definition) is 4. The SMILES string of the molecule is C=CC(=O)Oc1ccc(Oc2ccc(OC(=O)C=C)c(OCC(C)O)c2S(=O)(=O)O)c(S(=O)(=O)O)c1OCC(C)O. The second-order valence-electron chi connectivity index (χ2n) is 8.06. The lowest BCUT2D eigenvalue weighted by Crippen LogP contribution is -2.17. The number of carbonyl (C=O) groups is 2. The molecule has 0 spiro atoms. The van der Waals surface area contributed by atoms with Gasteiger partial charge in [0.1, 0.15) is 13.2 Å². The fourth-order valence-electron chi connectivity index (χ4n) is 2.96. The summed E-state index contributed by atoms with van der Waals surface area (Å²) in [6.07, 6.45) is -0.877. The van der Waals surface area contributed by atoms with Gasteiger partial charge in [0.25, 0.3) is 0 Å². The van der Waals surface area contributed by atoms with Crippen LogP contribution in [0.2, 0.25) is 0 Å². The van der Waals surface area contributed by atoms with Crippen LogP contribution in [-0.4, -0.2) is 73.5 Å². The molecule has 2 aromatic carbocycles. The van der Waals surface area contributed by atoms with Crippen LogP contribution in [-0.2, 0) is 29.8 Å². The molecule has 2 atom stereocenters. The van der Waals surface area contributed by atoms with Gasteiger partial charge < -0.3 is 33.9 Å². The first-order chi connectivity index (χ1) is 19.0. The van der Waals surface area contributed by atoms with Gasteiger partial charge in [-0.1, -0.05) is 13.2 Å². The van der Waals surface area contributed by atoms with Crippen molar-refractivity contribution >= 4 is 32.2 Å². The first kappa shape index (κ1) is 33.2. The zero-order valence-corrected chi connectivity index (χ0v) is 23.2. The van der Waals surface area contributed by atoms with Gasteiger partial charge in [-0.25, -0.2) is 9.59 Å². The fourth-order valence-corrected chi connectivity index (χ4v) is 4.48. The number of aliphatic hydroxyl groups is 2. The summed E-state index contributed by atoms with van der Waals surface area (Å²) in [5, 5.41) is 19.2. The van der Waals surface area contributed by atoms with Gasteiger partial charge in [-0.2, -0.15) is 16.8 Å². The maximum absolute atomic E-state index is 12.4. The van der Waals surface area contributed by atoms with Crippen LogP contribution >= 0.6 is 0 Å². The minimum absolute atomic E-state index is 0.557. The number of benzene rings is 2. The molecule has 2 aromatic rings. The Morgan fingerprint density at radius 2 is 1.05 bits per heavy atom. The highest BCUT2D eigenvalue weighted by Gasteiger charge is 2.32. The second-order valence-corrected chi connectivity index (χ2v) is 10.8. The maximum Gasteiger partial charge on any atom is 0.335 e. The lowest BCUT2D eigenvalue weighted by Gasteiger charge is -2.20. The topological polar surface area (TPSA) is 229 Å². The smallest absolute Gasteiger partial charge is 0.335 e. The van der Waals surface area contributed by atoms with Gasteiger partial charge in [0.2, 0.25) is 0 Å². The van der Waals surface area contributed by atoms with Gasteiger partial charge in [-0.3, -0.25) is 9.11 Å². The van der Waals surface area contributed by atoms with E-state index in [4.69, 9.17) is 23.7 Å². The summed E-state index contributed by atoms with van der Waals surface area (Å²) in [6, 6.07) is 3.61. The third-order valence-corrected chi connectivity index (χ3v) is 6.31. The summed E-state index contributed by atoms with van der Waals surface area (Å²) < 4.78 is 95.7. The lowest BCUT2D eigenvalue weighted by molar-refractivity contribution is -0.130. The normalized spacial score (nSPS) is 12.9. The molecule has 41 heavy (non-hydrogen) atoms. The van der Waals surface area contributed by atoms with Crippen LogP contribution in [0.5, 0.6) is 34.5 Å². The number of carbonyl (C=O) groups excluding carboxylic acids is 2. The summed E-state index contributed by atoms with van der Waals surface area (Å²) in [6.45, 7) is 7.83. The number of aliphatic hydroxyl groups excluding tert-OH is 2. The quantitative estimate of drug-likeness (QED) is 0.102. The van der Waals surface area contributed by atoms with E-state index < -0.39 is 102 Å². The average Bonchev–Trinajstić information content (AvgIpc) is 2.86. The van der Waals surface area contributed by atoms with E-state index in [9.17, 15) is 45.7 Å². The number of esters is 2. The van der Waals surface area contributed by atoms with Crippen LogP contribution < -0.4 is 23.7 Å².